The number of aryl methyl sites for hydroxylation is 1. The predicted molar refractivity (Wildman–Crippen MR) is 120 cm³/mol. The molecule has 2 aromatic rings. The zero-order valence-corrected chi connectivity index (χ0v) is 18.6. The number of benzene rings is 2. The minimum atomic E-state index is 0.108. The number of rotatable bonds is 7. The smallest absolute Gasteiger partial charge is 0.151 e. The Balaban J connectivity index is 1.60. The number of hydrogen-bond acceptors (Lipinski definition) is 3. The van der Waals surface area contributed by atoms with Crippen LogP contribution >= 0.6 is 0 Å². The molecule has 2 aromatic carbocycles. The molecule has 1 heterocycles. The SMILES string of the molecule is COc1ccc(CCCCC2C(=O)CN(C)[C@@H]2c2ccc(C(C)(C)C)cc2)cc1. The van der Waals surface area contributed by atoms with Crippen molar-refractivity contribution in [3.05, 3.63) is 65.2 Å². The number of ketones is 1. The van der Waals surface area contributed by atoms with Crippen LogP contribution in [0.1, 0.15) is 62.8 Å². The number of carbonyl (C=O) groups excluding carboxylic acids is 1. The molecule has 29 heavy (non-hydrogen) atoms. The van der Waals surface area contributed by atoms with E-state index in [2.05, 4.69) is 69.1 Å². The number of nitrogens with zero attached hydrogens (tertiary/aromatic N) is 1. The second-order valence-corrected chi connectivity index (χ2v) is 9.40. The highest BCUT2D eigenvalue weighted by Gasteiger charge is 2.39. The van der Waals surface area contributed by atoms with Gasteiger partial charge in [0.1, 0.15) is 5.75 Å². The van der Waals surface area contributed by atoms with Crippen molar-refractivity contribution >= 4 is 5.78 Å². The number of Topliss-reactive ketones (excluding diaryl/α,β-unsaturated/α-hetero) is 1. The zero-order chi connectivity index (χ0) is 21.0. The topological polar surface area (TPSA) is 29.5 Å². The average Bonchev–Trinajstić information content (AvgIpc) is 2.98. The van der Waals surface area contributed by atoms with Gasteiger partial charge in [0.25, 0.3) is 0 Å². The molecule has 0 aliphatic carbocycles. The van der Waals surface area contributed by atoms with Crippen molar-refractivity contribution in [1.29, 1.82) is 0 Å². The van der Waals surface area contributed by atoms with Gasteiger partial charge in [-0.15, -0.1) is 0 Å². The molecular weight excluding hydrogens is 358 g/mol. The summed E-state index contributed by atoms with van der Waals surface area (Å²) in [6, 6.07) is 17.4. The second-order valence-electron chi connectivity index (χ2n) is 9.40. The van der Waals surface area contributed by atoms with Crippen molar-refractivity contribution in [3.8, 4) is 5.75 Å². The summed E-state index contributed by atoms with van der Waals surface area (Å²) in [5.41, 5.74) is 4.09. The lowest BCUT2D eigenvalue weighted by atomic mass is 9.84. The summed E-state index contributed by atoms with van der Waals surface area (Å²) in [7, 11) is 3.77. The number of hydrogen-bond donors (Lipinski definition) is 0. The lowest BCUT2D eigenvalue weighted by Gasteiger charge is -2.26. The van der Waals surface area contributed by atoms with E-state index in [-0.39, 0.29) is 17.4 Å². The number of carbonyl (C=O) groups is 1. The number of likely N-dealkylation sites (N-methyl/N-ethyl adjacent to an activating group) is 1. The molecule has 0 saturated carbocycles. The minimum absolute atomic E-state index is 0.108. The summed E-state index contributed by atoms with van der Waals surface area (Å²) >= 11 is 0. The maximum atomic E-state index is 12.7. The van der Waals surface area contributed by atoms with E-state index in [1.807, 2.05) is 12.1 Å². The molecule has 0 aromatic heterocycles. The summed E-state index contributed by atoms with van der Waals surface area (Å²) in [4.78, 5) is 14.9. The van der Waals surface area contributed by atoms with Crippen LogP contribution in [-0.4, -0.2) is 31.4 Å². The van der Waals surface area contributed by atoms with E-state index in [0.717, 1.165) is 31.4 Å². The van der Waals surface area contributed by atoms with Gasteiger partial charge in [0.2, 0.25) is 0 Å². The third kappa shape index (κ3) is 5.27. The van der Waals surface area contributed by atoms with Crippen molar-refractivity contribution in [2.24, 2.45) is 5.92 Å². The van der Waals surface area contributed by atoms with Crippen molar-refractivity contribution in [3.63, 3.8) is 0 Å². The molecule has 3 nitrogen and oxygen atoms in total. The van der Waals surface area contributed by atoms with E-state index in [0.29, 0.717) is 12.3 Å². The van der Waals surface area contributed by atoms with Crippen LogP contribution in [0.3, 0.4) is 0 Å². The highest BCUT2D eigenvalue weighted by atomic mass is 16.5. The van der Waals surface area contributed by atoms with Gasteiger partial charge in [-0.1, -0.05) is 63.6 Å². The average molecular weight is 394 g/mol. The third-order valence-electron chi connectivity index (χ3n) is 6.18. The first-order valence-corrected chi connectivity index (χ1v) is 10.8. The molecular formula is C26H35NO2. The Morgan fingerprint density at radius 1 is 1.00 bits per heavy atom. The molecule has 0 spiro atoms. The van der Waals surface area contributed by atoms with Crippen LogP contribution in [0.25, 0.3) is 0 Å². The van der Waals surface area contributed by atoms with E-state index in [9.17, 15) is 4.79 Å². The molecule has 156 valence electrons. The molecule has 1 fully saturated rings. The molecule has 1 aliphatic rings. The van der Waals surface area contributed by atoms with Crippen molar-refractivity contribution in [2.75, 3.05) is 20.7 Å². The summed E-state index contributed by atoms with van der Waals surface area (Å²) in [5.74, 6) is 1.40. The first-order valence-electron chi connectivity index (χ1n) is 10.8. The van der Waals surface area contributed by atoms with Crippen LogP contribution in [0.2, 0.25) is 0 Å². The zero-order valence-electron chi connectivity index (χ0n) is 18.6. The third-order valence-corrected chi connectivity index (χ3v) is 6.18. The van der Waals surface area contributed by atoms with Gasteiger partial charge in [-0.3, -0.25) is 9.69 Å². The molecule has 2 atom stereocenters. The number of likely N-dealkylation sites (tertiary alicyclic amines) is 1. The highest BCUT2D eigenvalue weighted by molar-refractivity contribution is 5.86. The largest absolute Gasteiger partial charge is 0.497 e. The maximum Gasteiger partial charge on any atom is 0.151 e. The molecule has 1 saturated heterocycles. The first kappa shape index (κ1) is 21.6. The van der Waals surface area contributed by atoms with Crippen molar-refractivity contribution < 1.29 is 9.53 Å². The van der Waals surface area contributed by atoms with Gasteiger partial charge in [0, 0.05) is 12.0 Å². The first-order chi connectivity index (χ1) is 13.8. The second kappa shape index (κ2) is 9.13. The Labute approximate surface area is 176 Å². The molecule has 0 amide bonds. The van der Waals surface area contributed by atoms with Gasteiger partial charge in [-0.2, -0.15) is 0 Å². The van der Waals surface area contributed by atoms with E-state index >= 15 is 0 Å². The monoisotopic (exact) mass is 393 g/mol. The fourth-order valence-electron chi connectivity index (χ4n) is 4.42. The van der Waals surface area contributed by atoms with Gasteiger partial charge in [0.05, 0.1) is 13.7 Å². The van der Waals surface area contributed by atoms with Gasteiger partial charge in [0.15, 0.2) is 5.78 Å². The van der Waals surface area contributed by atoms with E-state index < -0.39 is 0 Å². The summed E-state index contributed by atoms with van der Waals surface area (Å²) in [6.07, 6.45) is 4.19. The fraction of sp³-hybridized carbons (Fsp3) is 0.500. The Morgan fingerprint density at radius 2 is 1.66 bits per heavy atom. The van der Waals surface area contributed by atoms with E-state index in [4.69, 9.17) is 4.74 Å². The number of methoxy groups -OCH3 is 1. The van der Waals surface area contributed by atoms with Gasteiger partial charge in [-0.25, -0.2) is 0 Å². The Hall–Kier alpha value is -2.13. The summed E-state index contributed by atoms with van der Waals surface area (Å²) in [5, 5.41) is 0. The van der Waals surface area contributed by atoms with Crippen molar-refractivity contribution in [1.82, 2.24) is 4.90 Å². The molecule has 1 aliphatic heterocycles. The number of unbranched alkanes of at least 4 members (excludes halogenated alkanes) is 1. The summed E-state index contributed by atoms with van der Waals surface area (Å²) < 4.78 is 5.22. The lowest BCUT2D eigenvalue weighted by Crippen LogP contribution is -2.21. The van der Waals surface area contributed by atoms with Crippen LogP contribution in [0.5, 0.6) is 5.75 Å². The lowest BCUT2D eigenvalue weighted by molar-refractivity contribution is -0.120. The van der Waals surface area contributed by atoms with Crippen LogP contribution in [0.15, 0.2) is 48.5 Å². The maximum absolute atomic E-state index is 12.7. The predicted octanol–water partition coefficient (Wildman–Crippen LogP) is 5.58. The quantitative estimate of drug-likeness (QED) is 0.575. The van der Waals surface area contributed by atoms with Gasteiger partial charge >= 0.3 is 0 Å². The molecule has 0 N–H and O–H groups in total. The standard InChI is InChI=1S/C26H35NO2/c1-26(2,3)21-14-12-20(13-15-21)25-23(24(28)18-27(25)4)9-7-6-8-19-10-16-22(29-5)17-11-19/h10-17,23,25H,6-9,18H2,1-5H3/t23?,25-/m1/s1. The van der Waals surface area contributed by atoms with Crippen LogP contribution in [0, 0.1) is 5.92 Å². The number of ether oxygens (including phenoxy) is 1. The molecule has 0 bridgehead atoms. The molecule has 3 heteroatoms. The van der Waals surface area contributed by atoms with E-state index in [1.54, 1.807) is 7.11 Å². The van der Waals surface area contributed by atoms with E-state index in [1.165, 1.54) is 16.7 Å². The molecule has 3 rings (SSSR count). The Morgan fingerprint density at radius 3 is 2.24 bits per heavy atom. The molecule has 1 unspecified atom stereocenters. The molecule has 0 radical (unpaired) electrons. The van der Waals surface area contributed by atoms with Crippen molar-refractivity contribution in [2.45, 2.75) is 57.9 Å². The normalized spacial score (nSPS) is 20.2. The van der Waals surface area contributed by atoms with Crippen LogP contribution in [0.4, 0.5) is 0 Å². The fourth-order valence-corrected chi connectivity index (χ4v) is 4.42. The Kier molecular flexibility index (Phi) is 6.79. The van der Waals surface area contributed by atoms with Gasteiger partial charge in [-0.05, 0) is 60.5 Å². The van der Waals surface area contributed by atoms with Crippen LogP contribution < -0.4 is 4.74 Å². The van der Waals surface area contributed by atoms with Gasteiger partial charge < -0.3 is 4.74 Å². The van der Waals surface area contributed by atoms with Crippen LogP contribution in [-0.2, 0) is 16.6 Å². The Bertz CT molecular complexity index is 802. The minimum Gasteiger partial charge on any atom is -0.497 e. The highest BCUT2D eigenvalue weighted by Crippen LogP contribution is 2.38. The summed E-state index contributed by atoms with van der Waals surface area (Å²) in [6.45, 7) is 7.27.